The van der Waals surface area contributed by atoms with E-state index >= 15 is 0 Å². The SMILES string of the molecule is CNc1ccc(C#N)c(C)c1F. The molecule has 0 aromatic heterocycles. The second kappa shape index (κ2) is 3.22. The van der Waals surface area contributed by atoms with E-state index < -0.39 is 0 Å². The lowest BCUT2D eigenvalue weighted by atomic mass is 10.1. The van der Waals surface area contributed by atoms with Crippen LogP contribution in [-0.4, -0.2) is 7.05 Å². The molecular formula is C9H9FN2. The van der Waals surface area contributed by atoms with E-state index in [1.54, 1.807) is 26.1 Å². The molecule has 0 aliphatic heterocycles. The first-order chi connectivity index (χ1) is 5.70. The van der Waals surface area contributed by atoms with E-state index in [9.17, 15) is 4.39 Å². The van der Waals surface area contributed by atoms with Crippen LogP contribution in [0.5, 0.6) is 0 Å². The molecule has 0 heterocycles. The molecule has 3 heteroatoms. The van der Waals surface area contributed by atoms with Crippen molar-refractivity contribution in [3.05, 3.63) is 29.1 Å². The van der Waals surface area contributed by atoms with E-state index in [1.165, 1.54) is 0 Å². The molecule has 62 valence electrons. The molecule has 0 unspecified atom stereocenters. The van der Waals surface area contributed by atoms with Gasteiger partial charge in [0.1, 0.15) is 5.82 Å². The van der Waals surface area contributed by atoms with Gasteiger partial charge in [-0.15, -0.1) is 0 Å². The molecule has 0 atom stereocenters. The number of hydrogen-bond acceptors (Lipinski definition) is 2. The van der Waals surface area contributed by atoms with E-state index in [1.807, 2.05) is 6.07 Å². The summed E-state index contributed by atoms with van der Waals surface area (Å²) in [6.07, 6.45) is 0. The van der Waals surface area contributed by atoms with E-state index in [-0.39, 0.29) is 5.82 Å². The lowest BCUT2D eigenvalue weighted by Crippen LogP contribution is -1.96. The Kier molecular flexibility index (Phi) is 2.29. The van der Waals surface area contributed by atoms with E-state index in [0.29, 0.717) is 16.8 Å². The first-order valence-corrected chi connectivity index (χ1v) is 3.57. The number of nitriles is 1. The highest BCUT2D eigenvalue weighted by atomic mass is 19.1. The second-order valence-electron chi connectivity index (χ2n) is 2.46. The van der Waals surface area contributed by atoms with Crippen molar-refractivity contribution in [3.8, 4) is 6.07 Å². The zero-order valence-corrected chi connectivity index (χ0v) is 6.98. The van der Waals surface area contributed by atoms with Gasteiger partial charge >= 0.3 is 0 Å². The van der Waals surface area contributed by atoms with Crippen molar-refractivity contribution in [3.63, 3.8) is 0 Å². The van der Waals surface area contributed by atoms with Gasteiger partial charge in [-0.05, 0) is 19.1 Å². The van der Waals surface area contributed by atoms with Gasteiger partial charge in [-0.2, -0.15) is 5.26 Å². The summed E-state index contributed by atoms with van der Waals surface area (Å²) in [5, 5.41) is 11.3. The quantitative estimate of drug-likeness (QED) is 0.689. The predicted octanol–water partition coefficient (Wildman–Crippen LogP) is 2.05. The summed E-state index contributed by atoms with van der Waals surface area (Å²) in [4.78, 5) is 0. The topological polar surface area (TPSA) is 35.8 Å². The van der Waals surface area contributed by atoms with Crippen LogP contribution in [0.3, 0.4) is 0 Å². The van der Waals surface area contributed by atoms with Crippen molar-refractivity contribution in [1.29, 1.82) is 5.26 Å². The van der Waals surface area contributed by atoms with Gasteiger partial charge in [0.2, 0.25) is 0 Å². The van der Waals surface area contributed by atoms with Gasteiger partial charge in [0.25, 0.3) is 0 Å². The second-order valence-corrected chi connectivity index (χ2v) is 2.46. The average molecular weight is 164 g/mol. The summed E-state index contributed by atoms with van der Waals surface area (Å²) in [6, 6.07) is 5.08. The number of hydrogen-bond donors (Lipinski definition) is 1. The zero-order valence-electron chi connectivity index (χ0n) is 6.98. The van der Waals surface area contributed by atoms with Crippen LogP contribution in [0, 0.1) is 24.1 Å². The minimum atomic E-state index is -0.350. The van der Waals surface area contributed by atoms with Crippen LogP contribution in [0.2, 0.25) is 0 Å². The maximum atomic E-state index is 13.2. The summed E-state index contributed by atoms with van der Waals surface area (Å²) >= 11 is 0. The van der Waals surface area contributed by atoms with Crippen LogP contribution < -0.4 is 5.32 Å². The molecule has 1 rings (SSSR count). The number of nitrogens with one attached hydrogen (secondary N) is 1. The standard InChI is InChI=1S/C9H9FN2/c1-6-7(5-11)3-4-8(12-2)9(6)10/h3-4,12H,1-2H3. The van der Waals surface area contributed by atoms with Gasteiger partial charge in [-0.3, -0.25) is 0 Å². The number of anilines is 1. The van der Waals surface area contributed by atoms with Crippen molar-refractivity contribution in [2.24, 2.45) is 0 Å². The Bertz CT molecular complexity index is 339. The number of nitrogens with zero attached hydrogens (tertiary/aromatic N) is 1. The molecule has 0 saturated carbocycles. The van der Waals surface area contributed by atoms with Crippen molar-refractivity contribution < 1.29 is 4.39 Å². The molecule has 1 aromatic carbocycles. The molecule has 0 saturated heterocycles. The maximum Gasteiger partial charge on any atom is 0.150 e. The summed E-state index contributed by atoms with van der Waals surface area (Å²) in [7, 11) is 1.64. The Hall–Kier alpha value is -1.56. The highest BCUT2D eigenvalue weighted by molar-refractivity contribution is 5.52. The van der Waals surface area contributed by atoms with Gasteiger partial charge < -0.3 is 5.32 Å². The first-order valence-electron chi connectivity index (χ1n) is 3.57. The molecule has 2 nitrogen and oxygen atoms in total. The number of rotatable bonds is 1. The Morgan fingerprint density at radius 2 is 2.17 bits per heavy atom. The van der Waals surface area contributed by atoms with Gasteiger partial charge in [0, 0.05) is 12.6 Å². The highest BCUT2D eigenvalue weighted by Gasteiger charge is 2.07. The normalized spacial score (nSPS) is 9.17. The smallest absolute Gasteiger partial charge is 0.150 e. The molecule has 1 N–H and O–H groups in total. The fourth-order valence-corrected chi connectivity index (χ4v) is 0.999. The molecular weight excluding hydrogens is 155 g/mol. The molecule has 0 aliphatic carbocycles. The monoisotopic (exact) mass is 164 g/mol. The van der Waals surface area contributed by atoms with Crippen LogP contribution >= 0.6 is 0 Å². The third kappa shape index (κ3) is 1.24. The Morgan fingerprint density at radius 3 is 2.67 bits per heavy atom. The third-order valence-corrected chi connectivity index (χ3v) is 1.78. The van der Waals surface area contributed by atoms with Crippen molar-refractivity contribution in [2.75, 3.05) is 12.4 Å². The lowest BCUT2D eigenvalue weighted by molar-refractivity contribution is 0.621. The zero-order chi connectivity index (χ0) is 9.14. The fourth-order valence-electron chi connectivity index (χ4n) is 0.999. The Morgan fingerprint density at radius 1 is 1.50 bits per heavy atom. The van der Waals surface area contributed by atoms with Gasteiger partial charge in [0.15, 0.2) is 0 Å². The fraction of sp³-hybridized carbons (Fsp3) is 0.222. The van der Waals surface area contributed by atoms with E-state index in [2.05, 4.69) is 5.32 Å². The molecule has 0 spiro atoms. The summed E-state index contributed by atoms with van der Waals surface area (Å²) in [5.41, 5.74) is 1.20. The van der Waals surface area contributed by atoms with E-state index in [4.69, 9.17) is 5.26 Å². The largest absolute Gasteiger partial charge is 0.386 e. The van der Waals surface area contributed by atoms with Crippen LogP contribution in [0.1, 0.15) is 11.1 Å². The molecule has 0 aliphatic rings. The predicted molar refractivity (Wildman–Crippen MR) is 45.4 cm³/mol. The van der Waals surface area contributed by atoms with Crippen LogP contribution in [0.4, 0.5) is 10.1 Å². The number of benzene rings is 1. The molecule has 12 heavy (non-hydrogen) atoms. The van der Waals surface area contributed by atoms with Crippen LogP contribution in [0.15, 0.2) is 12.1 Å². The van der Waals surface area contributed by atoms with Gasteiger partial charge in [0.05, 0.1) is 17.3 Å². The third-order valence-electron chi connectivity index (χ3n) is 1.78. The first kappa shape index (κ1) is 8.54. The molecule has 0 bridgehead atoms. The summed E-state index contributed by atoms with van der Waals surface area (Å²) in [6.45, 7) is 1.59. The Labute approximate surface area is 70.6 Å². The number of halogens is 1. The summed E-state index contributed by atoms with van der Waals surface area (Å²) in [5.74, 6) is -0.350. The lowest BCUT2D eigenvalue weighted by Gasteiger charge is -2.05. The Balaban J connectivity index is 3.32. The molecule has 0 radical (unpaired) electrons. The van der Waals surface area contributed by atoms with Crippen molar-refractivity contribution in [1.82, 2.24) is 0 Å². The minimum Gasteiger partial charge on any atom is -0.386 e. The van der Waals surface area contributed by atoms with E-state index in [0.717, 1.165) is 0 Å². The van der Waals surface area contributed by atoms with Crippen LogP contribution in [0.25, 0.3) is 0 Å². The van der Waals surface area contributed by atoms with Crippen LogP contribution in [-0.2, 0) is 0 Å². The summed E-state index contributed by atoms with van der Waals surface area (Å²) < 4.78 is 13.2. The average Bonchev–Trinajstić information content (AvgIpc) is 2.10. The molecule has 1 aromatic rings. The minimum absolute atomic E-state index is 0.350. The highest BCUT2D eigenvalue weighted by Crippen LogP contribution is 2.19. The van der Waals surface area contributed by atoms with Crippen molar-refractivity contribution in [2.45, 2.75) is 6.92 Å². The van der Waals surface area contributed by atoms with Gasteiger partial charge in [-0.25, -0.2) is 4.39 Å². The molecule has 0 amide bonds. The van der Waals surface area contributed by atoms with Gasteiger partial charge in [-0.1, -0.05) is 0 Å². The van der Waals surface area contributed by atoms with Crippen molar-refractivity contribution >= 4 is 5.69 Å². The molecule has 0 fully saturated rings. The maximum absolute atomic E-state index is 13.2.